The highest BCUT2D eigenvalue weighted by Crippen LogP contribution is 2.32. The lowest BCUT2D eigenvalue weighted by Gasteiger charge is -2.22. The van der Waals surface area contributed by atoms with Crippen LogP contribution in [0.5, 0.6) is 5.75 Å². The highest BCUT2D eigenvalue weighted by atomic mass is 16.3. The summed E-state index contributed by atoms with van der Waals surface area (Å²) in [5.74, 6) is 0.431. The second kappa shape index (κ2) is 3.64. The fourth-order valence-corrected chi connectivity index (χ4v) is 1.72. The standard InChI is InChI=1S/C13H20O/c1-6-10-8-12(14)11(7-9(10)2)13(3,4)5/h7-8,14H,6H2,1-5H3. The summed E-state index contributed by atoms with van der Waals surface area (Å²) in [6.45, 7) is 10.6. The predicted molar refractivity (Wildman–Crippen MR) is 60.9 cm³/mol. The van der Waals surface area contributed by atoms with Gasteiger partial charge in [0.2, 0.25) is 0 Å². The molecule has 0 atom stereocenters. The average molecular weight is 192 g/mol. The number of rotatable bonds is 1. The predicted octanol–water partition coefficient (Wildman–Crippen LogP) is 3.56. The van der Waals surface area contributed by atoms with Crippen molar-refractivity contribution in [2.24, 2.45) is 0 Å². The second-order valence-corrected chi connectivity index (χ2v) is 4.90. The van der Waals surface area contributed by atoms with Crippen molar-refractivity contribution in [2.45, 2.75) is 46.5 Å². The molecule has 0 aromatic heterocycles. The maximum absolute atomic E-state index is 9.88. The van der Waals surface area contributed by atoms with Crippen molar-refractivity contribution in [3.8, 4) is 5.75 Å². The van der Waals surface area contributed by atoms with E-state index in [9.17, 15) is 5.11 Å². The Morgan fingerprint density at radius 1 is 1.21 bits per heavy atom. The summed E-state index contributed by atoms with van der Waals surface area (Å²) in [5.41, 5.74) is 3.55. The first kappa shape index (κ1) is 11.1. The molecule has 78 valence electrons. The zero-order chi connectivity index (χ0) is 10.9. The lowest BCUT2D eigenvalue weighted by atomic mass is 9.84. The highest BCUT2D eigenvalue weighted by Gasteiger charge is 2.18. The minimum atomic E-state index is 0.0150. The van der Waals surface area contributed by atoms with E-state index in [2.05, 4.69) is 40.7 Å². The van der Waals surface area contributed by atoms with Crippen LogP contribution < -0.4 is 0 Å². The lowest BCUT2D eigenvalue weighted by Crippen LogP contribution is -2.12. The van der Waals surface area contributed by atoms with E-state index in [-0.39, 0.29) is 5.41 Å². The molecule has 0 heterocycles. The minimum absolute atomic E-state index is 0.0150. The van der Waals surface area contributed by atoms with Gasteiger partial charge in [-0.25, -0.2) is 0 Å². The van der Waals surface area contributed by atoms with Crippen LogP contribution in [0.4, 0.5) is 0 Å². The van der Waals surface area contributed by atoms with Gasteiger partial charge in [0.05, 0.1) is 0 Å². The van der Waals surface area contributed by atoms with Gasteiger partial charge in [-0.15, -0.1) is 0 Å². The number of aryl methyl sites for hydroxylation is 2. The van der Waals surface area contributed by atoms with Crippen LogP contribution in [0.2, 0.25) is 0 Å². The van der Waals surface area contributed by atoms with Gasteiger partial charge >= 0.3 is 0 Å². The molecule has 0 amide bonds. The van der Waals surface area contributed by atoms with Crippen molar-refractivity contribution in [3.63, 3.8) is 0 Å². The van der Waals surface area contributed by atoms with Crippen molar-refractivity contribution >= 4 is 0 Å². The summed E-state index contributed by atoms with van der Waals surface area (Å²) in [6.07, 6.45) is 0.976. The summed E-state index contributed by atoms with van der Waals surface area (Å²) in [6, 6.07) is 4.00. The van der Waals surface area contributed by atoms with Gasteiger partial charge in [0.15, 0.2) is 0 Å². The van der Waals surface area contributed by atoms with E-state index < -0.39 is 0 Å². The van der Waals surface area contributed by atoms with Gasteiger partial charge in [-0.3, -0.25) is 0 Å². The Hall–Kier alpha value is -0.980. The maximum atomic E-state index is 9.88. The highest BCUT2D eigenvalue weighted by molar-refractivity contribution is 5.44. The molecule has 0 aliphatic heterocycles. The molecule has 1 rings (SSSR count). The minimum Gasteiger partial charge on any atom is -0.508 e. The molecule has 1 N–H and O–H groups in total. The van der Waals surface area contributed by atoms with Crippen LogP contribution in [0.3, 0.4) is 0 Å². The fraction of sp³-hybridized carbons (Fsp3) is 0.538. The zero-order valence-corrected chi connectivity index (χ0v) is 9.81. The number of hydrogen-bond donors (Lipinski definition) is 1. The maximum Gasteiger partial charge on any atom is 0.119 e. The number of hydrogen-bond acceptors (Lipinski definition) is 1. The summed E-state index contributed by atoms with van der Waals surface area (Å²) in [4.78, 5) is 0. The first-order chi connectivity index (χ1) is 6.36. The second-order valence-electron chi connectivity index (χ2n) is 4.90. The Bertz CT molecular complexity index is 332. The molecule has 1 aromatic rings. The van der Waals surface area contributed by atoms with Crippen molar-refractivity contribution in [1.82, 2.24) is 0 Å². The molecule has 0 aliphatic rings. The molecule has 0 bridgehead atoms. The van der Waals surface area contributed by atoms with Crippen LogP contribution in [0.15, 0.2) is 12.1 Å². The summed E-state index contributed by atoms with van der Waals surface area (Å²) in [5, 5.41) is 9.88. The SMILES string of the molecule is CCc1cc(O)c(C(C)(C)C)cc1C. The molecular formula is C13H20O. The van der Waals surface area contributed by atoms with Crippen LogP contribution >= 0.6 is 0 Å². The van der Waals surface area contributed by atoms with E-state index >= 15 is 0 Å². The fourth-order valence-electron chi connectivity index (χ4n) is 1.72. The molecule has 0 aliphatic carbocycles. The van der Waals surface area contributed by atoms with Gasteiger partial charge in [0, 0.05) is 0 Å². The molecule has 1 nitrogen and oxygen atoms in total. The monoisotopic (exact) mass is 192 g/mol. The number of benzene rings is 1. The van der Waals surface area contributed by atoms with Crippen LogP contribution in [0, 0.1) is 6.92 Å². The first-order valence-corrected chi connectivity index (χ1v) is 5.19. The van der Waals surface area contributed by atoms with E-state index in [1.807, 2.05) is 6.07 Å². The first-order valence-electron chi connectivity index (χ1n) is 5.19. The van der Waals surface area contributed by atoms with Crippen molar-refractivity contribution in [2.75, 3.05) is 0 Å². The Kier molecular flexibility index (Phi) is 2.89. The number of phenolic OH excluding ortho intramolecular Hbond substituents is 1. The molecule has 0 saturated carbocycles. The molecule has 1 aromatic carbocycles. The van der Waals surface area contributed by atoms with E-state index in [1.54, 1.807) is 0 Å². The smallest absolute Gasteiger partial charge is 0.119 e. The summed E-state index contributed by atoms with van der Waals surface area (Å²) < 4.78 is 0. The Morgan fingerprint density at radius 2 is 1.79 bits per heavy atom. The molecule has 0 saturated heterocycles. The number of phenols is 1. The van der Waals surface area contributed by atoms with E-state index in [4.69, 9.17) is 0 Å². The van der Waals surface area contributed by atoms with Crippen LogP contribution in [0.1, 0.15) is 44.4 Å². The van der Waals surface area contributed by atoms with Gasteiger partial charge in [-0.05, 0) is 41.5 Å². The zero-order valence-electron chi connectivity index (χ0n) is 9.81. The number of aromatic hydroxyl groups is 1. The van der Waals surface area contributed by atoms with Gasteiger partial charge in [-0.2, -0.15) is 0 Å². The van der Waals surface area contributed by atoms with Crippen molar-refractivity contribution < 1.29 is 5.11 Å². The average Bonchev–Trinajstić information content (AvgIpc) is 2.06. The quantitative estimate of drug-likeness (QED) is 0.721. The Labute approximate surface area is 86.8 Å². The molecule has 0 fully saturated rings. The molecule has 1 heteroatoms. The normalized spacial score (nSPS) is 11.8. The third kappa shape index (κ3) is 2.09. The van der Waals surface area contributed by atoms with Gasteiger partial charge in [0.25, 0.3) is 0 Å². The van der Waals surface area contributed by atoms with E-state index in [0.717, 1.165) is 12.0 Å². The lowest BCUT2D eigenvalue weighted by molar-refractivity contribution is 0.445. The third-order valence-electron chi connectivity index (χ3n) is 2.64. The summed E-state index contributed by atoms with van der Waals surface area (Å²) in [7, 11) is 0. The van der Waals surface area contributed by atoms with Gasteiger partial charge in [0.1, 0.15) is 5.75 Å². The Balaban J connectivity index is 3.29. The molecular weight excluding hydrogens is 172 g/mol. The van der Waals surface area contributed by atoms with Crippen LogP contribution in [-0.4, -0.2) is 5.11 Å². The summed E-state index contributed by atoms with van der Waals surface area (Å²) >= 11 is 0. The van der Waals surface area contributed by atoms with Gasteiger partial charge in [-0.1, -0.05) is 33.8 Å². The third-order valence-corrected chi connectivity index (χ3v) is 2.64. The van der Waals surface area contributed by atoms with Crippen molar-refractivity contribution in [1.29, 1.82) is 0 Å². The molecule has 0 radical (unpaired) electrons. The molecule has 14 heavy (non-hydrogen) atoms. The topological polar surface area (TPSA) is 20.2 Å². The molecule has 0 unspecified atom stereocenters. The Morgan fingerprint density at radius 3 is 2.21 bits per heavy atom. The van der Waals surface area contributed by atoms with Crippen molar-refractivity contribution in [3.05, 3.63) is 28.8 Å². The van der Waals surface area contributed by atoms with E-state index in [1.165, 1.54) is 11.1 Å². The van der Waals surface area contributed by atoms with Crippen LogP contribution in [0.25, 0.3) is 0 Å². The van der Waals surface area contributed by atoms with Gasteiger partial charge < -0.3 is 5.11 Å². The van der Waals surface area contributed by atoms with Crippen LogP contribution in [-0.2, 0) is 11.8 Å². The largest absolute Gasteiger partial charge is 0.508 e. The van der Waals surface area contributed by atoms with E-state index in [0.29, 0.717) is 5.75 Å². The molecule has 0 spiro atoms.